The van der Waals surface area contributed by atoms with E-state index in [2.05, 4.69) is 43.3 Å². The number of rotatable bonds is 1. The van der Waals surface area contributed by atoms with Gasteiger partial charge in [0.2, 0.25) is 0 Å². The molecule has 0 spiro atoms. The van der Waals surface area contributed by atoms with Gasteiger partial charge >= 0.3 is 0 Å². The molecular formula is C14H15N. The molecule has 0 aromatic heterocycles. The van der Waals surface area contributed by atoms with Crippen molar-refractivity contribution in [1.29, 1.82) is 0 Å². The quantitative estimate of drug-likeness (QED) is 0.695. The molecule has 0 saturated carbocycles. The van der Waals surface area contributed by atoms with Crippen LogP contribution in [-0.2, 0) is 0 Å². The largest absolute Gasteiger partial charge is 0.399 e. The minimum Gasteiger partial charge on any atom is -0.399 e. The molecule has 0 fully saturated rings. The zero-order chi connectivity index (χ0) is 10.8. The first kappa shape index (κ1) is 9.78. The SMILES string of the molecule is Cc1cc(-c2ccccc2C)ccc1N. The lowest BCUT2D eigenvalue weighted by atomic mass is 9.99. The maximum Gasteiger partial charge on any atom is 0.0344 e. The van der Waals surface area contributed by atoms with Gasteiger partial charge in [-0.3, -0.25) is 0 Å². The van der Waals surface area contributed by atoms with E-state index in [-0.39, 0.29) is 0 Å². The molecule has 0 heterocycles. The minimum absolute atomic E-state index is 0.854. The topological polar surface area (TPSA) is 26.0 Å². The molecule has 0 aliphatic heterocycles. The van der Waals surface area contributed by atoms with Crippen LogP contribution in [0.3, 0.4) is 0 Å². The third-order valence-electron chi connectivity index (χ3n) is 2.73. The summed E-state index contributed by atoms with van der Waals surface area (Å²) in [7, 11) is 0. The number of nitrogen functional groups attached to an aromatic ring is 1. The summed E-state index contributed by atoms with van der Waals surface area (Å²) in [5.74, 6) is 0. The first-order valence-electron chi connectivity index (χ1n) is 5.10. The Morgan fingerprint density at radius 1 is 0.867 bits per heavy atom. The molecule has 0 aliphatic carbocycles. The van der Waals surface area contributed by atoms with E-state index in [1.165, 1.54) is 16.7 Å². The van der Waals surface area contributed by atoms with Crippen molar-refractivity contribution in [3.63, 3.8) is 0 Å². The predicted molar refractivity (Wildman–Crippen MR) is 65.8 cm³/mol. The summed E-state index contributed by atoms with van der Waals surface area (Å²) < 4.78 is 0. The number of hydrogen-bond acceptors (Lipinski definition) is 1. The maximum atomic E-state index is 5.80. The first-order chi connectivity index (χ1) is 7.18. The Hall–Kier alpha value is -1.76. The van der Waals surface area contributed by atoms with Gasteiger partial charge in [-0.05, 0) is 48.2 Å². The Kier molecular flexibility index (Phi) is 2.46. The fourth-order valence-electron chi connectivity index (χ4n) is 1.74. The number of aryl methyl sites for hydroxylation is 2. The van der Waals surface area contributed by atoms with Crippen molar-refractivity contribution in [2.45, 2.75) is 13.8 Å². The van der Waals surface area contributed by atoms with Gasteiger partial charge in [0.15, 0.2) is 0 Å². The predicted octanol–water partition coefficient (Wildman–Crippen LogP) is 3.55. The van der Waals surface area contributed by atoms with Crippen LogP contribution in [0.5, 0.6) is 0 Å². The van der Waals surface area contributed by atoms with Crippen LogP contribution in [0.4, 0.5) is 5.69 Å². The van der Waals surface area contributed by atoms with E-state index >= 15 is 0 Å². The molecular weight excluding hydrogens is 182 g/mol. The maximum absolute atomic E-state index is 5.80. The van der Waals surface area contributed by atoms with Crippen LogP contribution in [0.15, 0.2) is 42.5 Å². The average Bonchev–Trinajstić information content (AvgIpc) is 2.23. The zero-order valence-electron chi connectivity index (χ0n) is 9.12. The van der Waals surface area contributed by atoms with Crippen LogP contribution in [0, 0.1) is 13.8 Å². The van der Waals surface area contributed by atoms with Gasteiger partial charge in [0, 0.05) is 5.69 Å². The summed E-state index contributed by atoms with van der Waals surface area (Å²) in [6.45, 7) is 4.16. The van der Waals surface area contributed by atoms with Gasteiger partial charge < -0.3 is 5.73 Å². The Bertz CT molecular complexity index is 486. The Morgan fingerprint density at radius 3 is 2.27 bits per heavy atom. The molecule has 0 amide bonds. The number of benzene rings is 2. The van der Waals surface area contributed by atoms with Crippen LogP contribution >= 0.6 is 0 Å². The summed E-state index contributed by atoms with van der Waals surface area (Å²) in [5.41, 5.74) is 11.6. The van der Waals surface area contributed by atoms with Gasteiger partial charge in [0.05, 0.1) is 0 Å². The summed E-state index contributed by atoms with van der Waals surface area (Å²) >= 11 is 0. The smallest absolute Gasteiger partial charge is 0.0344 e. The molecule has 76 valence electrons. The highest BCUT2D eigenvalue weighted by molar-refractivity contribution is 5.70. The third kappa shape index (κ3) is 1.86. The van der Waals surface area contributed by atoms with Crippen LogP contribution in [0.25, 0.3) is 11.1 Å². The van der Waals surface area contributed by atoms with Crippen molar-refractivity contribution in [2.24, 2.45) is 0 Å². The molecule has 0 atom stereocenters. The highest BCUT2D eigenvalue weighted by Gasteiger charge is 2.01. The molecule has 0 bridgehead atoms. The molecule has 0 aliphatic rings. The van der Waals surface area contributed by atoms with Crippen LogP contribution in [-0.4, -0.2) is 0 Å². The second-order valence-corrected chi connectivity index (χ2v) is 3.89. The Balaban J connectivity index is 2.55. The average molecular weight is 197 g/mol. The molecule has 0 unspecified atom stereocenters. The molecule has 0 radical (unpaired) electrons. The van der Waals surface area contributed by atoms with E-state index in [0.29, 0.717) is 0 Å². The molecule has 2 aromatic rings. The number of hydrogen-bond donors (Lipinski definition) is 1. The summed E-state index contributed by atoms with van der Waals surface area (Å²) in [6, 6.07) is 14.6. The summed E-state index contributed by atoms with van der Waals surface area (Å²) in [4.78, 5) is 0. The van der Waals surface area contributed by atoms with Gasteiger partial charge in [-0.1, -0.05) is 30.3 Å². The van der Waals surface area contributed by atoms with Crippen molar-refractivity contribution >= 4 is 5.69 Å². The van der Waals surface area contributed by atoms with Crippen molar-refractivity contribution in [2.75, 3.05) is 5.73 Å². The van der Waals surface area contributed by atoms with E-state index in [0.717, 1.165) is 11.3 Å². The van der Waals surface area contributed by atoms with Crippen LogP contribution in [0.1, 0.15) is 11.1 Å². The Morgan fingerprint density at radius 2 is 1.60 bits per heavy atom. The monoisotopic (exact) mass is 197 g/mol. The van der Waals surface area contributed by atoms with E-state index in [4.69, 9.17) is 5.73 Å². The van der Waals surface area contributed by atoms with E-state index in [9.17, 15) is 0 Å². The van der Waals surface area contributed by atoms with Crippen LogP contribution in [0.2, 0.25) is 0 Å². The number of nitrogens with two attached hydrogens (primary N) is 1. The van der Waals surface area contributed by atoms with Crippen molar-refractivity contribution < 1.29 is 0 Å². The highest BCUT2D eigenvalue weighted by Crippen LogP contribution is 2.25. The van der Waals surface area contributed by atoms with Gasteiger partial charge in [0.1, 0.15) is 0 Å². The van der Waals surface area contributed by atoms with Crippen molar-refractivity contribution in [3.8, 4) is 11.1 Å². The minimum atomic E-state index is 0.854. The highest BCUT2D eigenvalue weighted by atomic mass is 14.5. The summed E-state index contributed by atoms with van der Waals surface area (Å²) in [6.07, 6.45) is 0. The number of anilines is 1. The molecule has 2 rings (SSSR count). The zero-order valence-corrected chi connectivity index (χ0v) is 9.12. The molecule has 15 heavy (non-hydrogen) atoms. The molecule has 2 N–H and O–H groups in total. The van der Waals surface area contributed by atoms with Crippen LogP contribution < -0.4 is 5.73 Å². The van der Waals surface area contributed by atoms with Gasteiger partial charge in [-0.15, -0.1) is 0 Å². The summed E-state index contributed by atoms with van der Waals surface area (Å²) in [5, 5.41) is 0. The fraction of sp³-hybridized carbons (Fsp3) is 0.143. The lowest BCUT2D eigenvalue weighted by Crippen LogP contribution is -1.90. The third-order valence-corrected chi connectivity index (χ3v) is 2.73. The fourth-order valence-corrected chi connectivity index (χ4v) is 1.74. The van der Waals surface area contributed by atoms with E-state index in [1.54, 1.807) is 0 Å². The van der Waals surface area contributed by atoms with Gasteiger partial charge in [0.25, 0.3) is 0 Å². The standard InChI is InChI=1S/C14H15N/c1-10-5-3-4-6-13(10)12-7-8-14(15)11(2)9-12/h3-9H,15H2,1-2H3. The van der Waals surface area contributed by atoms with Crippen molar-refractivity contribution in [3.05, 3.63) is 53.6 Å². The lowest BCUT2D eigenvalue weighted by molar-refractivity contribution is 1.43. The first-order valence-corrected chi connectivity index (χ1v) is 5.10. The van der Waals surface area contributed by atoms with Gasteiger partial charge in [-0.25, -0.2) is 0 Å². The second-order valence-electron chi connectivity index (χ2n) is 3.89. The molecule has 1 nitrogen and oxygen atoms in total. The molecule has 0 saturated heterocycles. The molecule has 2 aromatic carbocycles. The Labute approximate surface area is 90.6 Å². The van der Waals surface area contributed by atoms with E-state index < -0.39 is 0 Å². The van der Waals surface area contributed by atoms with Crippen molar-refractivity contribution in [1.82, 2.24) is 0 Å². The molecule has 1 heteroatoms. The van der Waals surface area contributed by atoms with E-state index in [1.807, 2.05) is 13.0 Å². The second kappa shape index (κ2) is 3.77. The lowest BCUT2D eigenvalue weighted by Gasteiger charge is -2.07. The normalized spacial score (nSPS) is 10.3. The van der Waals surface area contributed by atoms with Gasteiger partial charge in [-0.2, -0.15) is 0 Å².